The predicted molar refractivity (Wildman–Crippen MR) is 81.2 cm³/mol. The van der Waals surface area contributed by atoms with Crippen molar-refractivity contribution in [1.82, 2.24) is 0 Å². The van der Waals surface area contributed by atoms with Crippen LogP contribution in [-0.4, -0.2) is 41.0 Å². The van der Waals surface area contributed by atoms with Gasteiger partial charge in [-0.3, -0.25) is 4.79 Å². The Morgan fingerprint density at radius 2 is 2.22 bits per heavy atom. The van der Waals surface area contributed by atoms with E-state index in [0.29, 0.717) is 12.8 Å². The van der Waals surface area contributed by atoms with E-state index in [4.69, 9.17) is 9.47 Å². The van der Waals surface area contributed by atoms with Crippen molar-refractivity contribution in [3.05, 3.63) is 23.8 Å². The van der Waals surface area contributed by atoms with Gasteiger partial charge < -0.3 is 14.6 Å². The first-order valence-electron chi connectivity index (χ1n) is 7.73. The zero-order valence-electron chi connectivity index (χ0n) is 13.7. The summed E-state index contributed by atoms with van der Waals surface area (Å²) < 4.78 is 25.3. The van der Waals surface area contributed by atoms with Crippen molar-refractivity contribution in [2.75, 3.05) is 0 Å². The third kappa shape index (κ3) is 3.63. The van der Waals surface area contributed by atoms with Crippen molar-refractivity contribution in [2.45, 2.75) is 64.0 Å². The third-order valence-electron chi connectivity index (χ3n) is 4.56. The molecule has 0 aromatic carbocycles. The Labute approximate surface area is 135 Å². The van der Waals surface area contributed by atoms with Gasteiger partial charge in [0.2, 0.25) is 0 Å². The minimum Gasteiger partial charge on any atom is -0.461 e. The fraction of sp³-hybridized carbons (Fsp3) is 0.647. The van der Waals surface area contributed by atoms with Crippen LogP contribution in [-0.2, 0) is 19.1 Å². The van der Waals surface area contributed by atoms with E-state index in [1.54, 1.807) is 0 Å². The summed E-state index contributed by atoms with van der Waals surface area (Å²) in [7, 11) is 0. The van der Waals surface area contributed by atoms with Crippen LogP contribution >= 0.6 is 0 Å². The predicted octanol–water partition coefficient (Wildman–Crippen LogP) is 2.24. The summed E-state index contributed by atoms with van der Waals surface area (Å²) in [4.78, 5) is 23.3. The van der Waals surface area contributed by atoms with E-state index < -0.39 is 41.8 Å². The molecule has 0 radical (unpaired) electrons. The van der Waals surface area contributed by atoms with Crippen LogP contribution in [0.2, 0.25) is 0 Å². The minimum atomic E-state index is -1.93. The number of hydrogen-bond acceptors (Lipinski definition) is 5. The van der Waals surface area contributed by atoms with Crippen molar-refractivity contribution in [3.63, 3.8) is 0 Å². The summed E-state index contributed by atoms with van der Waals surface area (Å²) in [5.74, 6) is -1.96. The number of carbonyl (C=O) groups is 2. The molecule has 1 heterocycles. The summed E-state index contributed by atoms with van der Waals surface area (Å²) in [6.45, 7) is 8.11. The second-order valence-electron chi connectivity index (χ2n) is 6.59. The van der Waals surface area contributed by atoms with Crippen LogP contribution < -0.4 is 0 Å². The lowest BCUT2D eigenvalue weighted by molar-refractivity contribution is -0.159. The SMILES string of the molecule is C=C1C(=O)O[C@H]2[C@H]1[C@H](OC(C)=O)C/C(C)=C/CC[C@@](C)(F)[C@H]2O. The van der Waals surface area contributed by atoms with Gasteiger partial charge in [0, 0.05) is 18.9 Å². The number of ether oxygens (including phenoxy) is 2. The van der Waals surface area contributed by atoms with Gasteiger partial charge in [-0.2, -0.15) is 0 Å². The molecule has 0 unspecified atom stereocenters. The van der Waals surface area contributed by atoms with E-state index >= 15 is 0 Å². The van der Waals surface area contributed by atoms with Gasteiger partial charge in [-0.25, -0.2) is 9.18 Å². The zero-order chi connectivity index (χ0) is 17.4. The molecule has 1 fully saturated rings. The molecule has 0 amide bonds. The van der Waals surface area contributed by atoms with Gasteiger partial charge in [-0.15, -0.1) is 0 Å². The topological polar surface area (TPSA) is 72.8 Å². The summed E-state index contributed by atoms with van der Waals surface area (Å²) >= 11 is 0. The molecule has 6 heteroatoms. The maximum atomic E-state index is 14.8. The van der Waals surface area contributed by atoms with Gasteiger partial charge >= 0.3 is 11.9 Å². The summed E-state index contributed by atoms with van der Waals surface area (Å²) in [6.07, 6.45) is -0.558. The monoisotopic (exact) mass is 326 g/mol. The molecule has 0 bridgehead atoms. The Morgan fingerprint density at radius 1 is 1.57 bits per heavy atom. The Morgan fingerprint density at radius 3 is 2.83 bits per heavy atom. The first kappa shape index (κ1) is 17.7. The average Bonchev–Trinajstić information content (AvgIpc) is 2.71. The molecule has 5 atom stereocenters. The van der Waals surface area contributed by atoms with Gasteiger partial charge in [-0.05, 0) is 26.7 Å². The number of alkyl halides is 1. The standard InChI is InChI=1S/C17H23FO5/c1-9-6-5-7-17(4,18)15(20)14-13(10(2)16(21)23-14)12(8-9)22-11(3)19/h6,12-15,20H,2,5,7-8H2,1,3-4H3/b9-6+/t12-,13-,14+,15+,17-/m1/s1. The fourth-order valence-corrected chi connectivity index (χ4v) is 3.25. The van der Waals surface area contributed by atoms with Gasteiger partial charge in [0.15, 0.2) is 0 Å². The molecule has 1 saturated heterocycles. The molecule has 0 aromatic heterocycles. The van der Waals surface area contributed by atoms with Crippen molar-refractivity contribution >= 4 is 11.9 Å². The molecule has 1 aliphatic carbocycles. The maximum Gasteiger partial charge on any atom is 0.334 e. The zero-order valence-corrected chi connectivity index (χ0v) is 13.7. The molecule has 2 rings (SSSR count). The highest BCUT2D eigenvalue weighted by Gasteiger charge is 2.53. The summed E-state index contributed by atoms with van der Waals surface area (Å²) in [5, 5.41) is 10.4. The second-order valence-corrected chi connectivity index (χ2v) is 6.59. The Bertz CT molecular complexity index is 551. The molecule has 0 spiro atoms. The molecule has 1 aliphatic heterocycles. The molecule has 5 nitrogen and oxygen atoms in total. The van der Waals surface area contributed by atoms with Crippen molar-refractivity contribution in [1.29, 1.82) is 0 Å². The van der Waals surface area contributed by atoms with Gasteiger partial charge in [0.25, 0.3) is 0 Å². The fourth-order valence-electron chi connectivity index (χ4n) is 3.25. The molecule has 23 heavy (non-hydrogen) atoms. The van der Waals surface area contributed by atoms with Crippen molar-refractivity contribution in [2.24, 2.45) is 5.92 Å². The van der Waals surface area contributed by atoms with Gasteiger partial charge in [0.05, 0.1) is 5.92 Å². The Hall–Kier alpha value is -1.69. The quantitative estimate of drug-likeness (QED) is 0.454. The smallest absolute Gasteiger partial charge is 0.334 e. The summed E-state index contributed by atoms with van der Waals surface area (Å²) in [6, 6.07) is 0. The van der Waals surface area contributed by atoms with Gasteiger partial charge in [-0.1, -0.05) is 18.2 Å². The van der Waals surface area contributed by atoms with E-state index in [9.17, 15) is 19.1 Å². The van der Waals surface area contributed by atoms with Gasteiger partial charge in [0.1, 0.15) is 24.0 Å². The Balaban J connectivity index is 2.45. The lowest BCUT2D eigenvalue weighted by Crippen LogP contribution is -2.49. The first-order chi connectivity index (χ1) is 10.6. The highest BCUT2D eigenvalue weighted by Crippen LogP contribution is 2.40. The summed E-state index contributed by atoms with van der Waals surface area (Å²) in [5.41, 5.74) is -0.901. The molecule has 1 N–H and O–H groups in total. The largest absolute Gasteiger partial charge is 0.461 e. The van der Waals surface area contributed by atoms with E-state index in [1.807, 2.05) is 13.0 Å². The normalized spacial score (nSPS) is 40.7. The van der Waals surface area contributed by atoms with Crippen LogP contribution in [0.15, 0.2) is 23.8 Å². The van der Waals surface area contributed by atoms with Crippen LogP contribution in [0.1, 0.15) is 40.0 Å². The van der Waals surface area contributed by atoms with Crippen LogP contribution in [0.3, 0.4) is 0 Å². The van der Waals surface area contributed by atoms with Crippen molar-refractivity contribution < 1.29 is 28.6 Å². The van der Waals surface area contributed by atoms with Crippen LogP contribution in [0, 0.1) is 5.92 Å². The number of carbonyl (C=O) groups excluding carboxylic acids is 2. The number of halogens is 1. The number of fused-ring (bicyclic) bond motifs is 1. The highest BCUT2D eigenvalue weighted by molar-refractivity contribution is 5.91. The van der Waals surface area contributed by atoms with Crippen molar-refractivity contribution in [3.8, 4) is 0 Å². The number of allylic oxidation sites excluding steroid dienone is 1. The Kier molecular flexibility index (Phi) is 4.94. The van der Waals surface area contributed by atoms with Crippen LogP contribution in [0.5, 0.6) is 0 Å². The van der Waals surface area contributed by atoms with Crippen LogP contribution in [0.25, 0.3) is 0 Å². The van der Waals surface area contributed by atoms with E-state index in [-0.39, 0.29) is 12.0 Å². The lowest BCUT2D eigenvalue weighted by atomic mass is 9.79. The number of rotatable bonds is 1. The highest BCUT2D eigenvalue weighted by atomic mass is 19.1. The molecular weight excluding hydrogens is 303 g/mol. The molecule has 128 valence electrons. The number of esters is 2. The number of aliphatic hydroxyl groups excluding tert-OH is 1. The molecule has 2 aliphatic rings. The van der Waals surface area contributed by atoms with E-state index in [0.717, 1.165) is 5.57 Å². The molecule has 0 aromatic rings. The maximum absolute atomic E-state index is 14.8. The van der Waals surface area contributed by atoms with E-state index in [1.165, 1.54) is 13.8 Å². The second kappa shape index (κ2) is 6.43. The molecular formula is C17H23FO5. The first-order valence-corrected chi connectivity index (χ1v) is 7.73. The third-order valence-corrected chi connectivity index (χ3v) is 4.56. The molecule has 0 saturated carbocycles. The number of hydrogen-bond donors (Lipinski definition) is 1. The van der Waals surface area contributed by atoms with Crippen LogP contribution in [0.4, 0.5) is 4.39 Å². The van der Waals surface area contributed by atoms with E-state index in [2.05, 4.69) is 6.58 Å². The lowest BCUT2D eigenvalue weighted by Gasteiger charge is -2.35. The number of aliphatic hydroxyl groups is 1. The average molecular weight is 326 g/mol. The minimum absolute atomic E-state index is 0.101.